The number of sulfonamides is 1. The molecular weight excluding hydrogens is 298 g/mol. The minimum absolute atomic E-state index is 0.0390. The van der Waals surface area contributed by atoms with Gasteiger partial charge in [-0.2, -0.15) is 4.31 Å². The van der Waals surface area contributed by atoms with Gasteiger partial charge in [0, 0.05) is 38.9 Å². The predicted molar refractivity (Wildman–Crippen MR) is 79.3 cm³/mol. The predicted octanol–water partition coefficient (Wildman–Crippen LogP) is 1.70. The lowest BCUT2D eigenvalue weighted by atomic mass is 10.2. The molecule has 1 aromatic heterocycles. The van der Waals surface area contributed by atoms with Crippen LogP contribution in [0.3, 0.4) is 0 Å². The molecule has 0 spiro atoms. The van der Waals surface area contributed by atoms with Crippen LogP contribution in [0.25, 0.3) is 0 Å². The molecule has 0 radical (unpaired) electrons. The van der Waals surface area contributed by atoms with Gasteiger partial charge in [0.15, 0.2) is 0 Å². The third-order valence-electron chi connectivity index (χ3n) is 3.30. The van der Waals surface area contributed by atoms with E-state index in [0.29, 0.717) is 19.0 Å². The first-order chi connectivity index (χ1) is 9.41. The van der Waals surface area contributed by atoms with Crippen molar-refractivity contribution in [2.45, 2.75) is 18.7 Å². The molecule has 0 saturated carbocycles. The Morgan fingerprint density at radius 2 is 1.95 bits per heavy atom. The molecule has 1 fully saturated rings. The molecule has 0 aromatic carbocycles. The third kappa shape index (κ3) is 3.49. The van der Waals surface area contributed by atoms with Crippen LogP contribution in [0.5, 0.6) is 0 Å². The van der Waals surface area contributed by atoms with Crippen molar-refractivity contribution in [3.63, 3.8) is 0 Å². The average molecular weight is 318 g/mol. The second-order valence-corrected chi connectivity index (χ2v) is 7.66. The van der Waals surface area contributed by atoms with E-state index in [-0.39, 0.29) is 10.0 Å². The van der Waals surface area contributed by atoms with E-state index in [4.69, 9.17) is 11.6 Å². The average Bonchev–Trinajstić information content (AvgIpc) is 2.39. The number of halogens is 1. The Morgan fingerprint density at radius 1 is 1.30 bits per heavy atom. The maximum Gasteiger partial charge on any atom is 0.246 e. The highest BCUT2D eigenvalue weighted by Crippen LogP contribution is 2.23. The fraction of sp³-hybridized carbons (Fsp3) is 0.615. The normalized spacial score (nSPS) is 18.6. The molecule has 1 aliphatic rings. The highest BCUT2D eigenvalue weighted by atomic mass is 35.5. The van der Waals surface area contributed by atoms with Crippen LogP contribution < -0.4 is 0 Å². The van der Waals surface area contributed by atoms with Gasteiger partial charge in [-0.3, -0.25) is 0 Å². The summed E-state index contributed by atoms with van der Waals surface area (Å²) in [5.74, 6) is 0.589. The molecule has 5 nitrogen and oxygen atoms in total. The maximum atomic E-state index is 12.5. The summed E-state index contributed by atoms with van der Waals surface area (Å²) in [6, 6.07) is 3.10. The molecule has 20 heavy (non-hydrogen) atoms. The largest absolute Gasteiger partial charge is 0.300 e. The molecule has 112 valence electrons. The van der Waals surface area contributed by atoms with Gasteiger partial charge in [0.2, 0.25) is 10.0 Å². The second-order valence-electron chi connectivity index (χ2n) is 5.39. The molecule has 1 saturated heterocycles. The molecule has 0 aliphatic carbocycles. The quantitative estimate of drug-likeness (QED) is 0.793. The molecule has 0 atom stereocenters. The van der Waals surface area contributed by atoms with Crippen LogP contribution in [0.15, 0.2) is 23.2 Å². The molecular formula is C13H20ClN3O2S. The summed E-state index contributed by atoms with van der Waals surface area (Å²) in [5, 5.41) is 0.0390. The number of nitrogens with zero attached hydrogens (tertiary/aromatic N) is 3. The zero-order valence-corrected chi connectivity index (χ0v) is 13.4. The number of piperazine rings is 1. The Kier molecular flexibility index (Phi) is 5.01. The molecule has 7 heteroatoms. The van der Waals surface area contributed by atoms with Gasteiger partial charge in [-0.1, -0.05) is 25.4 Å². The van der Waals surface area contributed by atoms with Crippen LogP contribution in [0.2, 0.25) is 5.15 Å². The number of rotatable bonds is 4. The van der Waals surface area contributed by atoms with Crippen molar-refractivity contribution in [1.82, 2.24) is 14.2 Å². The van der Waals surface area contributed by atoms with Gasteiger partial charge in [0.05, 0.1) is 0 Å². The minimum Gasteiger partial charge on any atom is -0.300 e. The lowest BCUT2D eigenvalue weighted by Gasteiger charge is -2.34. The Labute approximate surface area is 125 Å². The van der Waals surface area contributed by atoms with E-state index >= 15 is 0 Å². The second kappa shape index (κ2) is 6.39. The molecule has 0 amide bonds. The van der Waals surface area contributed by atoms with Gasteiger partial charge in [0.1, 0.15) is 10.0 Å². The highest BCUT2D eigenvalue weighted by Gasteiger charge is 2.30. The molecule has 0 N–H and O–H groups in total. The smallest absolute Gasteiger partial charge is 0.246 e. The van der Waals surface area contributed by atoms with Crippen molar-refractivity contribution in [3.05, 3.63) is 23.5 Å². The first-order valence-electron chi connectivity index (χ1n) is 6.74. The topological polar surface area (TPSA) is 53.5 Å². The molecule has 0 unspecified atom stereocenters. The van der Waals surface area contributed by atoms with Gasteiger partial charge in [-0.15, -0.1) is 0 Å². The van der Waals surface area contributed by atoms with Gasteiger partial charge < -0.3 is 4.90 Å². The molecule has 2 heterocycles. The number of aromatic nitrogens is 1. The van der Waals surface area contributed by atoms with Crippen LogP contribution in [0.1, 0.15) is 13.8 Å². The number of pyridine rings is 1. The van der Waals surface area contributed by atoms with Crippen LogP contribution in [0, 0.1) is 5.92 Å². The fourth-order valence-corrected chi connectivity index (χ4v) is 4.22. The standard InChI is InChI=1S/C13H20ClN3O2S/c1-11(2)10-16-6-8-17(9-7-16)20(18,19)12-4-3-5-15-13(12)14/h3-5,11H,6-10H2,1-2H3. The SMILES string of the molecule is CC(C)CN1CCN(S(=O)(=O)c2cccnc2Cl)CC1. The van der Waals surface area contributed by atoms with Crippen LogP contribution in [-0.2, 0) is 10.0 Å². The summed E-state index contributed by atoms with van der Waals surface area (Å²) in [6.07, 6.45) is 1.49. The maximum absolute atomic E-state index is 12.5. The Hall–Kier alpha value is -0.690. The van der Waals surface area contributed by atoms with Crippen molar-refractivity contribution < 1.29 is 8.42 Å². The highest BCUT2D eigenvalue weighted by molar-refractivity contribution is 7.89. The van der Waals surface area contributed by atoms with Gasteiger partial charge in [0.25, 0.3) is 0 Å². The fourth-order valence-electron chi connectivity index (χ4n) is 2.37. The van der Waals surface area contributed by atoms with Gasteiger partial charge in [-0.05, 0) is 18.1 Å². The van der Waals surface area contributed by atoms with Gasteiger partial charge >= 0.3 is 0 Å². The lowest BCUT2D eigenvalue weighted by molar-refractivity contribution is 0.172. The third-order valence-corrected chi connectivity index (χ3v) is 5.64. The molecule has 1 aromatic rings. The van der Waals surface area contributed by atoms with E-state index in [0.717, 1.165) is 19.6 Å². The Morgan fingerprint density at radius 3 is 2.50 bits per heavy atom. The molecule has 1 aliphatic heterocycles. The van der Waals surface area contributed by atoms with Crippen LogP contribution in [0.4, 0.5) is 0 Å². The van der Waals surface area contributed by atoms with E-state index < -0.39 is 10.0 Å². The zero-order chi connectivity index (χ0) is 14.8. The van der Waals surface area contributed by atoms with Crippen LogP contribution >= 0.6 is 11.6 Å². The van der Waals surface area contributed by atoms with E-state index in [2.05, 4.69) is 23.7 Å². The summed E-state index contributed by atoms with van der Waals surface area (Å²) in [7, 11) is -3.53. The minimum atomic E-state index is -3.53. The van der Waals surface area contributed by atoms with Crippen molar-refractivity contribution in [1.29, 1.82) is 0 Å². The Balaban J connectivity index is 2.08. The van der Waals surface area contributed by atoms with E-state index in [9.17, 15) is 8.42 Å². The number of hydrogen-bond donors (Lipinski definition) is 0. The zero-order valence-electron chi connectivity index (χ0n) is 11.8. The first kappa shape index (κ1) is 15.7. The van der Waals surface area contributed by atoms with E-state index in [1.807, 2.05) is 0 Å². The molecule has 2 rings (SSSR count). The summed E-state index contributed by atoms with van der Waals surface area (Å²) < 4.78 is 26.5. The van der Waals surface area contributed by atoms with Crippen LogP contribution in [-0.4, -0.2) is 55.3 Å². The van der Waals surface area contributed by atoms with E-state index in [1.165, 1.54) is 16.6 Å². The van der Waals surface area contributed by atoms with Gasteiger partial charge in [-0.25, -0.2) is 13.4 Å². The van der Waals surface area contributed by atoms with E-state index in [1.54, 1.807) is 6.07 Å². The summed E-state index contributed by atoms with van der Waals surface area (Å²) >= 11 is 5.90. The monoisotopic (exact) mass is 317 g/mol. The van der Waals surface area contributed by atoms with Crippen molar-refractivity contribution in [2.75, 3.05) is 32.7 Å². The summed E-state index contributed by atoms with van der Waals surface area (Å²) in [6.45, 7) is 7.85. The van der Waals surface area contributed by atoms with Crippen molar-refractivity contribution >= 4 is 21.6 Å². The summed E-state index contributed by atoms with van der Waals surface area (Å²) in [5.41, 5.74) is 0. The van der Waals surface area contributed by atoms with Crippen molar-refractivity contribution in [2.24, 2.45) is 5.92 Å². The summed E-state index contributed by atoms with van der Waals surface area (Å²) in [4.78, 5) is 6.23. The first-order valence-corrected chi connectivity index (χ1v) is 8.56. The lowest BCUT2D eigenvalue weighted by Crippen LogP contribution is -2.49. The number of hydrogen-bond acceptors (Lipinski definition) is 4. The molecule has 0 bridgehead atoms. The van der Waals surface area contributed by atoms with Crippen molar-refractivity contribution in [3.8, 4) is 0 Å². The Bertz CT molecular complexity index is 554.